The molecule has 0 aliphatic carbocycles. The van der Waals surface area contributed by atoms with Gasteiger partial charge in [0.15, 0.2) is 0 Å². The molecule has 11 heteroatoms. The normalized spacial score (nSPS) is 24.6. The monoisotopic (exact) mass is 710 g/mol. The Morgan fingerprint density at radius 2 is 1.04 bits per heavy atom. The summed E-state index contributed by atoms with van der Waals surface area (Å²) in [4.78, 5) is 5.24. The van der Waals surface area contributed by atoms with E-state index in [0.29, 0.717) is 23.9 Å². The second-order valence-corrected chi connectivity index (χ2v) is 11.5. The number of rotatable bonds is 6. The van der Waals surface area contributed by atoms with Gasteiger partial charge in [-0.2, -0.15) is 0 Å². The highest BCUT2D eigenvalue weighted by Gasteiger charge is 2.33. The highest BCUT2D eigenvalue weighted by Crippen LogP contribution is 2.24. The Labute approximate surface area is 297 Å². The van der Waals surface area contributed by atoms with Gasteiger partial charge < -0.3 is 24.8 Å². The number of nitrogens with zero attached hydrogens (tertiary/aromatic N) is 2. The molecule has 4 fully saturated rings. The number of fused-ring (bicyclic) bond motifs is 2. The molecule has 2 aromatic carbocycles. The van der Waals surface area contributed by atoms with Crippen molar-refractivity contribution in [2.75, 3.05) is 78.9 Å². The van der Waals surface area contributed by atoms with Crippen LogP contribution in [-0.4, -0.2) is 101 Å². The summed E-state index contributed by atoms with van der Waals surface area (Å²) >= 11 is 0. The van der Waals surface area contributed by atoms with Gasteiger partial charge in [0.25, 0.3) is 0 Å². The summed E-state index contributed by atoms with van der Waals surface area (Å²) in [5.74, 6) is 1.31. The summed E-state index contributed by atoms with van der Waals surface area (Å²) in [5, 5.41) is 6.98. The molecule has 4 aliphatic rings. The molecule has 4 saturated heterocycles. The first-order valence-electron chi connectivity index (χ1n) is 16.0. The van der Waals surface area contributed by atoms with Crippen LogP contribution in [0.15, 0.2) is 60.7 Å². The van der Waals surface area contributed by atoms with Gasteiger partial charge in [-0.3, -0.25) is 9.80 Å². The maximum absolute atomic E-state index is 5.75. The zero-order valence-corrected chi connectivity index (χ0v) is 30.4. The van der Waals surface area contributed by atoms with Gasteiger partial charge >= 0.3 is 0 Å². The first kappa shape index (κ1) is 44.3. The van der Waals surface area contributed by atoms with E-state index in [1.165, 1.54) is 24.0 Å². The Bertz CT molecular complexity index is 878. The van der Waals surface area contributed by atoms with Crippen LogP contribution in [0.4, 0.5) is 0 Å². The van der Waals surface area contributed by atoms with E-state index in [0.717, 1.165) is 92.0 Å². The van der Waals surface area contributed by atoms with Crippen LogP contribution < -0.4 is 10.6 Å². The topological polar surface area (TPSA) is 58.2 Å². The van der Waals surface area contributed by atoms with E-state index in [4.69, 9.17) is 14.2 Å². The fraction of sp³-hybridized carbons (Fsp3) is 0.647. The van der Waals surface area contributed by atoms with Crippen molar-refractivity contribution in [2.24, 2.45) is 11.8 Å². The summed E-state index contributed by atoms with van der Waals surface area (Å²) in [7, 11) is 0. The lowest BCUT2D eigenvalue weighted by Gasteiger charge is -2.37. The molecule has 6 rings (SSSR count). The van der Waals surface area contributed by atoms with Crippen molar-refractivity contribution in [3.8, 4) is 0 Å². The molecule has 2 N–H and O–H groups in total. The third-order valence-electron chi connectivity index (χ3n) is 8.65. The lowest BCUT2D eigenvalue weighted by molar-refractivity contribution is 0.101. The Kier molecular flexibility index (Phi) is 25.9. The molecule has 2 aromatic rings. The molecule has 0 bridgehead atoms. The van der Waals surface area contributed by atoms with Gasteiger partial charge in [-0.05, 0) is 50.9 Å². The van der Waals surface area contributed by atoms with Crippen molar-refractivity contribution < 1.29 is 14.2 Å². The molecule has 4 atom stereocenters. The van der Waals surface area contributed by atoms with Crippen molar-refractivity contribution in [3.05, 3.63) is 71.8 Å². The lowest BCUT2D eigenvalue weighted by atomic mass is 9.92. The Balaban J connectivity index is 0.000000696. The van der Waals surface area contributed by atoms with Gasteiger partial charge in [-0.25, -0.2) is 0 Å². The predicted octanol–water partition coefficient (Wildman–Crippen LogP) is 5.72. The number of nitrogens with one attached hydrogen (secondary N) is 2. The molecule has 0 saturated carbocycles. The lowest BCUT2D eigenvalue weighted by Crippen LogP contribution is -2.49. The zero-order valence-electron chi connectivity index (χ0n) is 27.1. The maximum atomic E-state index is 5.75. The maximum Gasteiger partial charge on any atom is 0.0593 e. The first-order valence-corrected chi connectivity index (χ1v) is 16.0. The quantitative estimate of drug-likeness (QED) is 0.398. The number of benzene rings is 2. The largest absolute Gasteiger partial charge is 0.382 e. The van der Waals surface area contributed by atoms with Crippen LogP contribution in [0.5, 0.6) is 0 Å². The fourth-order valence-electron chi connectivity index (χ4n) is 6.52. The minimum absolute atomic E-state index is 0. The summed E-state index contributed by atoms with van der Waals surface area (Å²) in [6.45, 7) is 18.0. The van der Waals surface area contributed by atoms with Crippen molar-refractivity contribution in [2.45, 2.75) is 51.9 Å². The number of halogens is 4. The van der Waals surface area contributed by atoms with Crippen LogP contribution in [0.1, 0.15) is 37.8 Å². The van der Waals surface area contributed by atoms with E-state index >= 15 is 0 Å². The first-order chi connectivity index (χ1) is 20.3. The molecule has 4 aliphatic heterocycles. The van der Waals surface area contributed by atoms with Crippen LogP contribution in [-0.2, 0) is 27.3 Å². The molecule has 45 heavy (non-hydrogen) atoms. The second kappa shape index (κ2) is 26.3. The third-order valence-corrected chi connectivity index (χ3v) is 8.65. The minimum atomic E-state index is 0. The summed E-state index contributed by atoms with van der Waals surface area (Å²) < 4.78 is 16.3. The molecule has 4 heterocycles. The Morgan fingerprint density at radius 3 is 1.40 bits per heavy atom. The van der Waals surface area contributed by atoms with E-state index in [1.807, 2.05) is 13.8 Å². The van der Waals surface area contributed by atoms with Gasteiger partial charge in [0.1, 0.15) is 0 Å². The number of hydrogen-bond donors (Lipinski definition) is 2. The van der Waals surface area contributed by atoms with Gasteiger partial charge in [0.05, 0.1) is 26.4 Å². The smallest absolute Gasteiger partial charge is 0.0593 e. The average molecular weight is 713 g/mol. The fourth-order valence-corrected chi connectivity index (χ4v) is 6.52. The predicted molar refractivity (Wildman–Crippen MR) is 196 cm³/mol. The minimum Gasteiger partial charge on any atom is -0.382 e. The molecular formula is C34H58Cl4N4O3. The van der Waals surface area contributed by atoms with Crippen LogP contribution in [0.2, 0.25) is 0 Å². The molecule has 0 radical (unpaired) electrons. The van der Waals surface area contributed by atoms with Crippen molar-refractivity contribution in [3.63, 3.8) is 0 Å². The van der Waals surface area contributed by atoms with E-state index in [2.05, 4.69) is 81.1 Å². The molecule has 0 aromatic heterocycles. The highest BCUT2D eigenvalue weighted by molar-refractivity contribution is 5.86. The van der Waals surface area contributed by atoms with Crippen LogP contribution >= 0.6 is 49.6 Å². The number of hydrogen-bond acceptors (Lipinski definition) is 7. The van der Waals surface area contributed by atoms with Crippen molar-refractivity contribution in [1.82, 2.24) is 20.4 Å². The van der Waals surface area contributed by atoms with Crippen molar-refractivity contribution >= 4 is 49.6 Å². The Hall–Kier alpha value is -0.680. The van der Waals surface area contributed by atoms with Gasteiger partial charge in [-0.15, -0.1) is 49.6 Å². The second-order valence-electron chi connectivity index (χ2n) is 11.5. The zero-order chi connectivity index (χ0) is 28.5. The number of ether oxygens (including phenoxy) is 3. The average Bonchev–Trinajstić information content (AvgIpc) is 3.36. The Morgan fingerprint density at radius 1 is 0.644 bits per heavy atom. The van der Waals surface area contributed by atoms with Crippen LogP contribution in [0, 0.1) is 11.8 Å². The highest BCUT2D eigenvalue weighted by atomic mass is 35.5. The van der Waals surface area contributed by atoms with Gasteiger partial charge in [-0.1, -0.05) is 60.7 Å². The summed E-state index contributed by atoms with van der Waals surface area (Å²) in [5.41, 5.74) is 2.83. The standard InChI is InChI=1S/2C15H22N2O.C4H10O.4ClH/c2*1-2-4-13(5-3-1)11-17-8-9-18-12-14-10-16-7-6-15(14)17;1-3-5-4-2;;;;/h2*1-5,14-16H,6-12H2;3-4H2,1-2H3;4*1H. The third kappa shape index (κ3) is 15.4. The van der Waals surface area contributed by atoms with Crippen molar-refractivity contribution in [1.29, 1.82) is 0 Å². The van der Waals surface area contributed by atoms with Crippen LogP contribution in [0.3, 0.4) is 0 Å². The molecule has 4 unspecified atom stereocenters. The molecule has 260 valence electrons. The van der Waals surface area contributed by atoms with E-state index in [1.54, 1.807) is 0 Å². The SMILES string of the molecule is CCOCC.Cl.Cl.Cl.Cl.c1ccc(CN2CCOCC3CNCCC32)cc1.c1ccc(CN2CCOCC3CNCCC32)cc1. The molecular weight excluding hydrogens is 654 g/mol. The summed E-state index contributed by atoms with van der Waals surface area (Å²) in [6.07, 6.45) is 2.50. The molecule has 0 amide bonds. The molecule has 0 spiro atoms. The number of piperidine rings is 2. The van der Waals surface area contributed by atoms with E-state index in [9.17, 15) is 0 Å². The molecule has 7 nitrogen and oxygen atoms in total. The van der Waals surface area contributed by atoms with E-state index in [-0.39, 0.29) is 49.6 Å². The van der Waals surface area contributed by atoms with Gasteiger partial charge in [0.2, 0.25) is 0 Å². The summed E-state index contributed by atoms with van der Waals surface area (Å²) in [6, 6.07) is 23.0. The van der Waals surface area contributed by atoms with E-state index < -0.39 is 0 Å². The van der Waals surface area contributed by atoms with Gasteiger partial charge in [0, 0.05) is 76.4 Å². The van der Waals surface area contributed by atoms with Crippen LogP contribution in [0.25, 0.3) is 0 Å².